The molecule has 2 heterocycles. The number of unbranched alkanes of at least 4 members (excludes halogenated alkanes) is 1. The first-order valence-corrected chi connectivity index (χ1v) is 18.4. The number of carboxylic acids is 1. The molecule has 0 aliphatic heterocycles. The van der Waals surface area contributed by atoms with E-state index in [1.807, 2.05) is 0 Å². The second-order valence-electron chi connectivity index (χ2n) is 11.4. The molecule has 0 aliphatic carbocycles. The summed E-state index contributed by atoms with van der Waals surface area (Å²) >= 11 is 0. The Kier molecular flexibility index (Phi) is 15.1. The Labute approximate surface area is 309 Å². The van der Waals surface area contributed by atoms with Gasteiger partial charge in [-0.15, -0.1) is 0 Å². The molecule has 19 nitrogen and oxygen atoms in total. The molecule has 2 aromatic carbocycles. The van der Waals surface area contributed by atoms with Gasteiger partial charge in [0.2, 0.25) is 5.95 Å². The average Bonchev–Trinajstić information content (AvgIpc) is 3.14. The second-order valence-corrected chi connectivity index (χ2v) is 13.0. The number of H-pyrrole nitrogens is 1. The number of phosphoric ester groups is 1. The van der Waals surface area contributed by atoms with Crippen LogP contribution in [0.3, 0.4) is 0 Å². The van der Waals surface area contributed by atoms with Crippen molar-refractivity contribution in [2.45, 2.75) is 52.1 Å². The summed E-state index contributed by atoms with van der Waals surface area (Å²) in [6, 6.07) is 10.8. The van der Waals surface area contributed by atoms with Gasteiger partial charge in [0.05, 0.1) is 43.8 Å². The Morgan fingerprint density at radius 1 is 0.963 bits per heavy atom. The number of nitrogens with two attached hydrogens (primary N) is 1. The maximum Gasteiger partial charge on any atom is 0.474 e. The number of fused-ring (bicyclic) bond motifs is 1. The van der Waals surface area contributed by atoms with Crippen LogP contribution in [0.15, 0.2) is 59.5 Å². The number of phosphoric acid groups is 1. The number of nitrogens with one attached hydrogen (secondary N) is 4. The number of anilines is 2. The molecule has 1 atom stereocenters. The van der Waals surface area contributed by atoms with Gasteiger partial charge in [-0.3, -0.25) is 37.7 Å². The van der Waals surface area contributed by atoms with Crippen molar-refractivity contribution in [2.75, 3.05) is 37.4 Å². The Hall–Kier alpha value is -5.75. The number of hydrogen-bond acceptors (Lipinski definition) is 15. The topological polar surface area (TPSA) is 276 Å². The van der Waals surface area contributed by atoms with Gasteiger partial charge in [0.15, 0.2) is 11.2 Å². The van der Waals surface area contributed by atoms with Crippen molar-refractivity contribution in [1.82, 2.24) is 30.6 Å². The highest BCUT2D eigenvalue weighted by Gasteiger charge is 2.25. The second kappa shape index (κ2) is 19.9. The molecule has 54 heavy (non-hydrogen) atoms. The zero-order valence-corrected chi connectivity index (χ0v) is 30.4. The predicted molar refractivity (Wildman–Crippen MR) is 195 cm³/mol. The highest BCUT2D eigenvalue weighted by molar-refractivity contribution is 7.48. The fourth-order valence-electron chi connectivity index (χ4n) is 4.79. The highest BCUT2D eigenvalue weighted by atomic mass is 31.2. The molecule has 2 aromatic heterocycles. The lowest BCUT2D eigenvalue weighted by atomic mass is 10.1. The molecule has 288 valence electrons. The van der Waals surface area contributed by atoms with Gasteiger partial charge in [-0.1, -0.05) is 12.1 Å². The minimum absolute atomic E-state index is 0.0224. The third-order valence-electron chi connectivity index (χ3n) is 7.38. The number of aromatic nitrogens is 4. The van der Waals surface area contributed by atoms with Gasteiger partial charge in [0.25, 0.3) is 17.4 Å². The molecule has 0 spiro atoms. The average molecular weight is 769 g/mol. The van der Waals surface area contributed by atoms with E-state index in [2.05, 4.69) is 35.9 Å². The van der Waals surface area contributed by atoms with E-state index in [9.17, 15) is 33.6 Å². The van der Waals surface area contributed by atoms with Crippen LogP contribution in [0.1, 0.15) is 65.9 Å². The summed E-state index contributed by atoms with van der Waals surface area (Å²) in [5.74, 6) is -3.44. The zero-order valence-electron chi connectivity index (χ0n) is 29.5. The molecule has 0 saturated carbocycles. The SMILES string of the molecule is CCOP(=O)(OCC)OCCCCNC(=O)c1ccccc1OC(=O)CC[C@H](NC(=O)c1ccc(NCc2cnc3nc(N)[nH]c(=O)c3n2)cc1)C(=O)O. The van der Waals surface area contributed by atoms with E-state index in [-0.39, 0.29) is 79.7 Å². The van der Waals surface area contributed by atoms with Crippen molar-refractivity contribution in [2.24, 2.45) is 0 Å². The maximum atomic E-state index is 12.9. The van der Waals surface area contributed by atoms with E-state index < -0.39 is 43.2 Å². The van der Waals surface area contributed by atoms with E-state index in [1.54, 1.807) is 38.1 Å². The van der Waals surface area contributed by atoms with Gasteiger partial charge in [0, 0.05) is 24.2 Å². The normalized spacial score (nSPS) is 11.8. The van der Waals surface area contributed by atoms with Crippen LogP contribution in [-0.2, 0) is 34.3 Å². The summed E-state index contributed by atoms with van der Waals surface area (Å²) in [5, 5.41) is 17.9. The lowest BCUT2D eigenvalue weighted by molar-refractivity contribution is -0.140. The molecule has 0 saturated heterocycles. The van der Waals surface area contributed by atoms with Crippen molar-refractivity contribution < 1.29 is 47.2 Å². The predicted octanol–water partition coefficient (Wildman–Crippen LogP) is 3.18. The van der Waals surface area contributed by atoms with Gasteiger partial charge in [-0.25, -0.2) is 19.3 Å². The number of carbonyl (C=O) groups excluding carboxylic acids is 3. The van der Waals surface area contributed by atoms with Crippen molar-refractivity contribution >= 4 is 54.4 Å². The molecule has 0 unspecified atom stereocenters. The van der Waals surface area contributed by atoms with Crippen LogP contribution in [-0.4, -0.2) is 81.2 Å². The number of nitrogens with zero attached hydrogens (tertiary/aromatic N) is 3. The summed E-state index contributed by atoms with van der Waals surface area (Å²) in [4.78, 5) is 77.1. The van der Waals surface area contributed by atoms with E-state index >= 15 is 0 Å². The number of aliphatic carboxylic acids is 1. The summed E-state index contributed by atoms with van der Waals surface area (Å²) < 4.78 is 33.1. The molecule has 0 bridgehead atoms. The van der Waals surface area contributed by atoms with Gasteiger partial charge < -0.3 is 31.5 Å². The molecule has 0 radical (unpaired) electrons. The first kappa shape index (κ1) is 41.0. The van der Waals surface area contributed by atoms with E-state index in [0.29, 0.717) is 24.2 Å². The summed E-state index contributed by atoms with van der Waals surface area (Å²) in [5.41, 5.74) is 6.45. The van der Waals surface area contributed by atoms with Crippen LogP contribution < -0.4 is 32.0 Å². The number of aromatic amines is 1. The zero-order chi connectivity index (χ0) is 39.1. The maximum absolute atomic E-state index is 12.9. The number of amides is 2. The van der Waals surface area contributed by atoms with Gasteiger partial charge >= 0.3 is 19.8 Å². The summed E-state index contributed by atoms with van der Waals surface area (Å²) in [6.45, 7) is 4.20. The van der Waals surface area contributed by atoms with Crippen LogP contribution in [0, 0.1) is 0 Å². The Balaban J connectivity index is 1.23. The minimum Gasteiger partial charge on any atom is -0.480 e. The van der Waals surface area contributed by atoms with E-state index in [4.69, 9.17) is 24.0 Å². The Morgan fingerprint density at radius 2 is 1.69 bits per heavy atom. The van der Waals surface area contributed by atoms with Crippen molar-refractivity contribution in [3.05, 3.63) is 81.9 Å². The van der Waals surface area contributed by atoms with Crippen LogP contribution in [0.4, 0.5) is 11.6 Å². The molecule has 2 amide bonds. The number of carbonyl (C=O) groups is 4. The number of carboxylic acid groups (broad SMARTS) is 1. The van der Waals surface area contributed by atoms with E-state index in [1.165, 1.54) is 30.5 Å². The van der Waals surface area contributed by atoms with Crippen LogP contribution >= 0.6 is 7.82 Å². The number of para-hydroxylation sites is 1. The molecular weight excluding hydrogens is 727 g/mol. The minimum atomic E-state index is -3.62. The molecule has 20 heteroatoms. The number of esters is 1. The Bertz CT molecular complexity index is 2030. The molecule has 4 aromatic rings. The van der Waals surface area contributed by atoms with Crippen molar-refractivity contribution in [3.8, 4) is 5.75 Å². The monoisotopic (exact) mass is 768 g/mol. The third-order valence-corrected chi connectivity index (χ3v) is 9.03. The molecule has 7 N–H and O–H groups in total. The largest absolute Gasteiger partial charge is 0.480 e. The molecule has 4 rings (SSSR count). The summed E-state index contributed by atoms with van der Waals surface area (Å²) in [6.07, 6.45) is 1.71. The van der Waals surface area contributed by atoms with Crippen LogP contribution in [0.2, 0.25) is 0 Å². The lowest BCUT2D eigenvalue weighted by Crippen LogP contribution is -2.41. The number of ether oxygens (including phenoxy) is 1. The lowest BCUT2D eigenvalue weighted by Gasteiger charge is -2.16. The number of benzene rings is 2. The number of nitrogen functional groups attached to an aromatic ring is 1. The summed E-state index contributed by atoms with van der Waals surface area (Å²) in [7, 11) is -3.62. The van der Waals surface area contributed by atoms with Crippen LogP contribution in [0.25, 0.3) is 11.2 Å². The van der Waals surface area contributed by atoms with Gasteiger partial charge in [-0.05, 0) is 69.5 Å². The highest BCUT2D eigenvalue weighted by Crippen LogP contribution is 2.49. The number of rotatable bonds is 21. The molecule has 0 fully saturated rings. The third kappa shape index (κ3) is 12.2. The fourth-order valence-corrected chi connectivity index (χ4v) is 6.00. The van der Waals surface area contributed by atoms with Gasteiger partial charge in [0.1, 0.15) is 11.8 Å². The fraction of sp³-hybridized carbons (Fsp3) is 0.353. The smallest absolute Gasteiger partial charge is 0.474 e. The quantitative estimate of drug-likeness (QED) is 0.0307. The van der Waals surface area contributed by atoms with Crippen molar-refractivity contribution in [3.63, 3.8) is 0 Å². The molecular formula is C34H41N8O11P. The van der Waals surface area contributed by atoms with Crippen molar-refractivity contribution in [1.29, 1.82) is 0 Å². The van der Waals surface area contributed by atoms with Gasteiger partial charge in [-0.2, -0.15) is 4.98 Å². The van der Waals surface area contributed by atoms with Crippen LogP contribution in [0.5, 0.6) is 5.75 Å². The standard InChI is InChI=1S/C34H41N8O11P/c1-3-50-54(49,51-4-2)52-18-8-7-17-36-31(45)24-9-5-6-10-26(24)53-27(43)16-15-25(33(47)48)40-30(44)21-11-13-22(14-12-21)37-19-23-20-38-29-28(39-23)32(46)42-34(35)41-29/h5-6,9-14,20,25,37H,3-4,7-8,15-19H2,1-2H3,(H,36,45)(H,40,44)(H,47,48)(H3,35,38,41,42,46)/t25-/m0/s1. The Morgan fingerprint density at radius 3 is 2.39 bits per heavy atom. The first-order chi connectivity index (χ1) is 25.9. The first-order valence-electron chi connectivity index (χ1n) is 16.9. The van der Waals surface area contributed by atoms with E-state index in [0.717, 1.165) is 0 Å². The number of hydrogen-bond donors (Lipinski definition) is 6. The molecule has 0 aliphatic rings.